The van der Waals surface area contributed by atoms with E-state index < -0.39 is 5.54 Å². The summed E-state index contributed by atoms with van der Waals surface area (Å²) in [5, 5.41) is 9.42. The van der Waals surface area contributed by atoms with Gasteiger partial charge in [0, 0.05) is 12.8 Å². The maximum absolute atomic E-state index is 11.7. The van der Waals surface area contributed by atoms with Gasteiger partial charge in [-0.25, -0.2) is 0 Å². The number of rotatable bonds is 4. The summed E-state index contributed by atoms with van der Waals surface area (Å²) in [7, 11) is 0. The molecule has 0 radical (unpaired) electrons. The molecule has 0 aliphatic carbocycles. The zero-order valence-electron chi connectivity index (χ0n) is 9.45. The Morgan fingerprint density at radius 2 is 1.67 bits per heavy atom. The first-order valence-electron chi connectivity index (χ1n) is 5.58. The fourth-order valence-electron chi connectivity index (χ4n) is 2.14. The van der Waals surface area contributed by atoms with Gasteiger partial charge in [-0.2, -0.15) is 0 Å². The molecule has 1 aliphatic heterocycles. The van der Waals surface area contributed by atoms with E-state index in [-0.39, 0.29) is 18.4 Å². The SMILES string of the molecule is CCC(CC)(CO)N1C(=O)CCCC1=O. The molecule has 15 heavy (non-hydrogen) atoms. The maximum Gasteiger partial charge on any atom is 0.229 e. The van der Waals surface area contributed by atoms with Crippen LogP contribution in [-0.2, 0) is 9.59 Å². The van der Waals surface area contributed by atoms with Crippen LogP contribution in [0.3, 0.4) is 0 Å². The first kappa shape index (κ1) is 12.2. The van der Waals surface area contributed by atoms with E-state index in [0.717, 1.165) is 0 Å². The summed E-state index contributed by atoms with van der Waals surface area (Å²) < 4.78 is 0. The van der Waals surface area contributed by atoms with E-state index in [4.69, 9.17) is 0 Å². The fourth-order valence-corrected chi connectivity index (χ4v) is 2.14. The fraction of sp³-hybridized carbons (Fsp3) is 0.818. The number of carbonyl (C=O) groups is 2. The summed E-state index contributed by atoms with van der Waals surface area (Å²) in [4.78, 5) is 24.7. The summed E-state index contributed by atoms with van der Waals surface area (Å²) >= 11 is 0. The number of piperidine rings is 1. The van der Waals surface area contributed by atoms with Gasteiger partial charge < -0.3 is 5.11 Å². The third-order valence-corrected chi connectivity index (χ3v) is 3.36. The monoisotopic (exact) mass is 213 g/mol. The molecule has 1 fully saturated rings. The van der Waals surface area contributed by atoms with Crippen LogP contribution in [-0.4, -0.2) is 34.0 Å². The van der Waals surface area contributed by atoms with Crippen molar-refractivity contribution in [1.82, 2.24) is 4.90 Å². The second-order valence-corrected chi connectivity index (χ2v) is 4.07. The molecule has 2 amide bonds. The first-order valence-corrected chi connectivity index (χ1v) is 5.58. The molecule has 0 aromatic rings. The average Bonchev–Trinajstić information content (AvgIpc) is 2.24. The summed E-state index contributed by atoms with van der Waals surface area (Å²) in [6.07, 6.45) is 2.71. The lowest BCUT2D eigenvalue weighted by atomic mass is 9.89. The molecular weight excluding hydrogens is 194 g/mol. The van der Waals surface area contributed by atoms with Crippen molar-refractivity contribution in [3.8, 4) is 0 Å². The predicted molar refractivity (Wildman–Crippen MR) is 56.1 cm³/mol. The zero-order chi connectivity index (χ0) is 11.5. The Morgan fingerprint density at radius 1 is 1.20 bits per heavy atom. The predicted octanol–water partition coefficient (Wildman–Crippen LogP) is 1.08. The molecular formula is C11H19NO3. The van der Waals surface area contributed by atoms with Crippen molar-refractivity contribution < 1.29 is 14.7 Å². The maximum atomic E-state index is 11.7. The van der Waals surface area contributed by atoms with Crippen LogP contribution in [0.5, 0.6) is 0 Å². The van der Waals surface area contributed by atoms with E-state index in [1.165, 1.54) is 4.90 Å². The van der Waals surface area contributed by atoms with Gasteiger partial charge in [-0.15, -0.1) is 0 Å². The molecule has 1 aliphatic rings. The molecule has 1 saturated heterocycles. The Kier molecular flexibility index (Phi) is 3.85. The van der Waals surface area contributed by atoms with Crippen molar-refractivity contribution in [2.75, 3.05) is 6.61 Å². The second kappa shape index (κ2) is 4.75. The third kappa shape index (κ3) is 2.04. The van der Waals surface area contributed by atoms with Crippen LogP contribution in [0.4, 0.5) is 0 Å². The minimum absolute atomic E-state index is 0.135. The summed E-state index contributed by atoms with van der Waals surface area (Å²) in [5.41, 5.74) is -0.672. The highest BCUT2D eigenvalue weighted by Crippen LogP contribution is 2.28. The molecule has 4 nitrogen and oxygen atoms in total. The van der Waals surface area contributed by atoms with E-state index >= 15 is 0 Å². The Balaban J connectivity index is 2.98. The van der Waals surface area contributed by atoms with Gasteiger partial charge in [0.15, 0.2) is 0 Å². The van der Waals surface area contributed by atoms with Crippen LogP contribution in [0.25, 0.3) is 0 Å². The van der Waals surface area contributed by atoms with Crippen LogP contribution >= 0.6 is 0 Å². The number of imide groups is 1. The normalized spacial score (nSPS) is 18.5. The van der Waals surface area contributed by atoms with E-state index in [0.29, 0.717) is 32.1 Å². The Labute approximate surface area is 90.3 Å². The molecule has 0 unspecified atom stereocenters. The van der Waals surface area contributed by atoms with Crippen LogP contribution in [0.2, 0.25) is 0 Å². The van der Waals surface area contributed by atoms with Crippen molar-refractivity contribution in [2.24, 2.45) is 0 Å². The number of amides is 2. The topological polar surface area (TPSA) is 57.6 Å². The molecule has 0 bridgehead atoms. The lowest BCUT2D eigenvalue weighted by Gasteiger charge is -2.42. The van der Waals surface area contributed by atoms with Crippen LogP contribution in [0.15, 0.2) is 0 Å². The molecule has 4 heteroatoms. The lowest BCUT2D eigenvalue weighted by molar-refractivity contribution is -0.158. The molecule has 0 spiro atoms. The minimum atomic E-state index is -0.672. The number of hydrogen-bond donors (Lipinski definition) is 1. The number of aliphatic hydroxyl groups excluding tert-OH is 1. The van der Waals surface area contributed by atoms with E-state index in [2.05, 4.69) is 0 Å². The molecule has 0 aromatic heterocycles. The van der Waals surface area contributed by atoms with Crippen LogP contribution < -0.4 is 0 Å². The summed E-state index contributed by atoms with van der Waals surface area (Å²) in [6, 6.07) is 0. The van der Waals surface area contributed by atoms with Gasteiger partial charge in [0.2, 0.25) is 11.8 Å². The zero-order valence-corrected chi connectivity index (χ0v) is 9.45. The Bertz CT molecular complexity index is 234. The van der Waals surface area contributed by atoms with Gasteiger partial charge >= 0.3 is 0 Å². The number of hydrogen-bond acceptors (Lipinski definition) is 3. The average molecular weight is 213 g/mol. The highest BCUT2D eigenvalue weighted by atomic mass is 16.3. The van der Waals surface area contributed by atoms with Crippen LogP contribution in [0.1, 0.15) is 46.0 Å². The number of likely N-dealkylation sites (tertiary alicyclic amines) is 1. The molecule has 0 saturated carbocycles. The van der Waals surface area contributed by atoms with Gasteiger partial charge in [0.25, 0.3) is 0 Å². The quantitative estimate of drug-likeness (QED) is 0.711. The largest absolute Gasteiger partial charge is 0.394 e. The van der Waals surface area contributed by atoms with E-state index in [9.17, 15) is 14.7 Å². The van der Waals surface area contributed by atoms with Crippen molar-refractivity contribution in [3.63, 3.8) is 0 Å². The second-order valence-electron chi connectivity index (χ2n) is 4.07. The van der Waals surface area contributed by atoms with Crippen molar-refractivity contribution in [3.05, 3.63) is 0 Å². The van der Waals surface area contributed by atoms with Crippen molar-refractivity contribution >= 4 is 11.8 Å². The van der Waals surface area contributed by atoms with Crippen molar-refractivity contribution in [2.45, 2.75) is 51.5 Å². The van der Waals surface area contributed by atoms with E-state index in [1.54, 1.807) is 0 Å². The Morgan fingerprint density at radius 3 is 2.00 bits per heavy atom. The minimum Gasteiger partial charge on any atom is -0.394 e. The molecule has 0 aromatic carbocycles. The van der Waals surface area contributed by atoms with Gasteiger partial charge in [-0.3, -0.25) is 14.5 Å². The summed E-state index contributed by atoms with van der Waals surface area (Å²) in [6.45, 7) is 3.65. The van der Waals surface area contributed by atoms with Gasteiger partial charge in [-0.1, -0.05) is 13.8 Å². The molecule has 1 N–H and O–H groups in total. The molecule has 1 heterocycles. The van der Waals surface area contributed by atoms with E-state index in [1.807, 2.05) is 13.8 Å². The number of carbonyl (C=O) groups excluding carboxylic acids is 2. The molecule has 1 rings (SSSR count). The standard InChI is InChI=1S/C11H19NO3/c1-3-11(4-2,8-13)12-9(14)6-5-7-10(12)15/h13H,3-8H2,1-2H3. The van der Waals surface area contributed by atoms with Gasteiger partial charge in [-0.05, 0) is 19.3 Å². The Hall–Kier alpha value is -0.900. The smallest absolute Gasteiger partial charge is 0.229 e. The molecule has 86 valence electrons. The molecule has 0 atom stereocenters. The third-order valence-electron chi connectivity index (χ3n) is 3.36. The van der Waals surface area contributed by atoms with Crippen molar-refractivity contribution in [1.29, 1.82) is 0 Å². The highest BCUT2D eigenvalue weighted by molar-refractivity contribution is 5.98. The number of nitrogens with zero attached hydrogens (tertiary/aromatic N) is 1. The lowest BCUT2D eigenvalue weighted by Crippen LogP contribution is -2.57. The number of aliphatic hydroxyl groups is 1. The summed E-state index contributed by atoms with van der Waals surface area (Å²) in [5.74, 6) is -0.270. The van der Waals surface area contributed by atoms with Crippen LogP contribution in [0, 0.1) is 0 Å². The van der Waals surface area contributed by atoms with Gasteiger partial charge in [0.05, 0.1) is 12.1 Å². The highest BCUT2D eigenvalue weighted by Gasteiger charge is 2.41. The van der Waals surface area contributed by atoms with Gasteiger partial charge in [0.1, 0.15) is 0 Å². The first-order chi connectivity index (χ1) is 7.11.